The average molecular weight is 286 g/mol. The molecule has 0 bridgehead atoms. The highest BCUT2D eigenvalue weighted by molar-refractivity contribution is 9.10. The van der Waals surface area contributed by atoms with Crippen LogP contribution in [0, 0.1) is 5.92 Å². The van der Waals surface area contributed by atoms with Crippen LogP contribution in [-0.4, -0.2) is 23.6 Å². The number of aryl methyl sites for hydroxylation is 1. The molecule has 0 aliphatic rings. The Labute approximate surface area is 106 Å². The summed E-state index contributed by atoms with van der Waals surface area (Å²) in [5.74, 6) is 2.61. The summed E-state index contributed by atoms with van der Waals surface area (Å²) in [7, 11) is 2.08. The zero-order valence-electron chi connectivity index (χ0n) is 10.5. The van der Waals surface area contributed by atoms with E-state index in [2.05, 4.69) is 58.6 Å². The van der Waals surface area contributed by atoms with Crippen LogP contribution in [0.15, 0.2) is 10.7 Å². The maximum absolute atomic E-state index is 4.51. The molecule has 1 aromatic rings. The summed E-state index contributed by atoms with van der Waals surface area (Å²) in [6.07, 6.45) is 2.05. The quantitative estimate of drug-likeness (QED) is 0.778. The Kier molecular flexibility index (Phi) is 5.19. The van der Waals surface area contributed by atoms with E-state index in [1.165, 1.54) is 6.42 Å². The van der Waals surface area contributed by atoms with E-state index in [0.29, 0.717) is 0 Å². The van der Waals surface area contributed by atoms with Crippen molar-refractivity contribution in [3.05, 3.63) is 16.5 Å². The molecule has 0 fully saturated rings. The number of hydrogen-bond acceptors (Lipinski definition) is 3. The minimum atomic E-state index is 0.721. The summed E-state index contributed by atoms with van der Waals surface area (Å²) in [6.45, 7) is 7.58. The van der Waals surface area contributed by atoms with Gasteiger partial charge in [0.25, 0.3) is 0 Å². The highest BCUT2D eigenvalue weighted by atomic mass is 79.9. The second-order valence-electron chi connectivity index (χ2n) is 4.42. The first kappa shape index (κ1) is 13.4. The number of nitrogens with zero attached hydrogens (tertiary/aromatic N) is 3. The molecule has 16 heavy (non-hydrogen) atoms. The van der Waals surface area contributed by atoms with E-state index in [0.717, 1.165) is 35.1 Å². The van der Waals surface area contributed by atoms with E-state index in [1.54, 1.807) is 0 Å². The summed E-state index contributed by atoms with van der Waals surface area (Å²) in [6, 6.07) is 1.97. The van der Waals surface area contributed by atoms with Gasteiger partial charge in [-0.2, -0.15) is 0 Å². The maximum atomic E-state index is 4.51. The molecule has 0 aliphatic carbocycles. The first-order valence-electron chi connectivity index (χ1n) is 5.77. The Morgan fingerprint density at radius 1 is 1.38 bits per heavy atom. The third-order valence-corrected chi connectivity index (χ3v) is 2.88. The minimum absolute atomic E-state index is 0.721. The van der Waals surface area contributed by atoms with Crippen molar-refractivity contribution in [3.63, 3.8) is 0 Å². The van der Waals surface area contributed by atoms with E-state index in [4.69, 9.17) is 0 Å². The van der Waals surface area contributed by atoms with Gasteiger partial charge in [0.1, 0.15) is 16.2 Å². The van der Waals surface area contributed by atoms with Gasteiger partial charge in [-0.25, -0.2) is 9.97 Å². The molecule has 4 heteroatoms. The van der Waals surface area contributed by atoms with Crippen molar-refractivity contribution in [2.24, 2.45) is 5.92 Å². The van der Waals surface area contributed by atoms with Crippen LogP contribution in [0.25, 0.3) is 0 Å². The summed E-state index contributed by atoms with van der Waals surface area (Å²) in [4.78, 5) is 11.0. The van der Waals surface area contributed by atoms with Crippen LogP contribution in [0.3, 0.4) is 0 Å². The van der Waals surface area contributed by atoms with Crippen molar-refractivity contribution in [1.29, 1.82) is 0 Å². The Bertz CT molecular complexity index is 339. The topological polar surface area (TPSA) is 29.0 Å². The molecule has 0 saturated carbocycles. The zero-order chi connectivity index (χ0) is 12.1. The molecule has 1 heterocycles. The average Bonchev–Trinajstić information content (AvgIpc) is 2.24. The third kappa shape index (κ3) is 4.08. The Morgan fingerprint density at radius 2 is 2.06 bits per heavy atom. The van der Waals surface area contributed by atoms with Crippen LogP contribution in [-0.2, 0) is 6.42 Å². The fourth-order valence-corrected chi connectivity index (χ4v) is 1.78. The molecule has 0 radical (unpaired) electrons. The van der Waals surface area contributed by atoms with Gasteiger partial charge in [-0.05, 0) is 28.3 Å². The number of aromatic nitrogens is 2. The number of hydrogen-bond donors (Lipinski definition) is 0. The van der Waals surface area contributed by atoms with Crippen LogP contribution in [0.5, 0.6) is 0 Å². The van der Waals surface area contributed by atoms with Crippen LogP contribution >= 0.6 is 15.9 Å². The van der Waals surface area contributed by atoms with Crippen molar-refractivity contribution >= 4 is 21.7 Å². The van der Waals surface area contributed by atoms with E-state index >= 15 is 0 Å². The van der Waals surface area contributed by atoms with Gasteiger partial charge >= 0.3 is 0 Å². The monoisotopic (exact) mass is 285 g/mol. The zero-order valence-corrected chi connectivity index (χ0v) is 12.1. The van der Waals surface area contributed by atoms with Gasteiger partial charge < -0.3 is 4.90 Å². The van der Waals surface area contributed by atoms with Gasteiger partial charge in [0.05, 0.1) is 0 Å². The normalized spacial score (nSPS) is 10.9. The van der Waals surface area contributed by atoms with Crippen molar-refractivity contribution in [1.82, 2.24) is 9.97 Å². The lowest BCUT2D eigenvalue weighted by molar-refractivity contribution is 0.583. The third-order valence-electron chi connectivity index (χ3n) is 2.48. The lowest BCUT2D eigenvalue weighted by Crippen LogP contribution is -2.21. The molecule has 0 aliphatic heterocycles. The van der Waals surface area contributed by atoms with Crippen molar-refractivity contribution in [2.45, 2.75) is 33.6 Å². The molecular weight excluding hydrogens is 266 g/mol. The fourth-order valence-electron chi connectivity index (χ4n) is 1.37. The van der Waals surface area contributed by atoms with Crippen molar-refractivity contribution in [3.8, 4) is 0 Å². The smallest absolute Gasteiger partial charge is 0.133 e. The molecule has 1 aromatic heterocycles. The molecule has 0 unspecified atom stereocenters. The van der Waals surface area contributed by atoms with E-state index < -0.39 is 0 Å². The van der Waals surface area contributed by atoms with Crippen LogP contribution in [0.4, 0.5) is 5.82 Å². The van der Waals surface area contributed by atoms with E-state index in [-0.39, 0.29) is 0 Å². The van der Waals surface area contributed by atoms with Crippen molar-refractivity contribution < 1.29 is 0 Å². The first-order chi connectivity index (χ1) is 7.52. The molecule has 0 amide bonds. The molecule has 0 atom stereocenters. The van der Waals surface area contributed by atoms with Gasteiger partial charge in [-0.1, -0.05) is 20.8 Å². The van der Waals surface area contributed by atoms with Crippen LogP contribution in [0.1, 0.15) is 33.0 Å². The molecule has 0 spiro atoms. The van der Waals surface area contributed by atoms with Gasteiger partial charge in [-0.3, -0.25) is 0 Å². The maximum Gasteiger partial charge on any atom is 0.133 e. The second kappa shape index (κ2) is 6.18. The predicted molar refractivity (Wildman–Crippen MR) is 71.8 cm³/mol. The van der Waals surface area contributed by atoms with Gasteiger partial charge in [0.15, 0.2) is 0 Å². The predicted octanol–water partition coefficient (Wildman–Crippen LogP) is 3.28. The Hall–Kier alpha value is -0.640. The minimum Gasteiger partial charge on any atom is -0.360 e. The Balaban J connectivity index is 2.74. The van der Waals surface area contributed by atoms with E-state index in [9.17, 15) is 0 Å². The molecule has 0 saturated heterocycles. The molecule has 0 aromatic carbocycles. The SMILES string of the molecule is CCc1nc(Br)cc(N(C)CCC(C)C)n1. The lowest BCUT2D eigenvalue weighted by atomic mass is 10.1. The van der Waals surface area contributed by atoms with Gasteiger partial charge in [0, 0.05) is 26.1 Å². The highest BCUT2D eigenvalue weighted by Crippen LogP contribution is 2.16. The van der Waals surface area contributed by atoms with E-state index in [1.807, 2.05) is 6.07 Å². The van der Waals surface area contributed by atoms with Crippen molar-refractivity contribution in [2.75, 3.05) is 18.5 Å². The Morgan fingerprint density at radius 3 is 2.62 bits per heavy atom. The van der Waals surface area contributed by atoms with Crippen LogP contribution in [0.2, 0.25) is 0 Å². The summed E-state index contributed by atoms with van der Waals surface area (Å²) in [5.41, 5.74) is 0. The summed E-state index contributed by atoms with van der Waals surface area (Å²) < 4.78 is 0.866. The molecule has 3 nitrogen and oxygen atoms in total. The van der Waals surface area contributed by atoms with Gasteiger partial charge in [-0.15, -0.1) is 0 Å². The summed E-state index contributed by atoms with van der Waals surface area (Å²) in [5, 5.41) is 0. The second-order valence-corrected chi connectivity index (χ2v) is 5.24. The number of rotatable bonds is 5. The molecule has 90 valence electrons. The number of anilines is 1. The molecule has 0 N–H and O–H groups in total. The summed E-state index contributed by atoms with van der Waals surface area (Å²) >= 11 is 3.42. The van der Waals surface area contributed by atoms with Gasteiger partial charge in [0.2, 0.25) is 0 Å². The largest absolute Gasteiger partial charge is 0.360 e. The molecule has 1 rings (SSSR count). The fraction of sp³-hybridized carbons (Fsp3) is 0.667. The molecular formula is C12H20BrN3. The highest BCUT2D eigenvalue weighted by Gasteiger charge is 2.07. The number of halogens is 1. The first-order valence-corrected chi connectivity index (χ1v) is 6.56. The van der Waals surface area contributed by atoms with Crippen LogP contribution < -0.4 is 4.90 Å². The lowest BCUT2D eigenvalue weighted by Gasteiger charge is -2.19. The standard InChI is InChI=1S/C12H20BrN3/c1-5-11-14-10(13)8-12(15-11)16(4)7-6-9(2)3/h8-9H,5-7H2,1-4H3.